The van der Waals surface area contributed by atoms with Gasteiger partial charge < -0.3 is 19.6 Å². The van der Waals surface area contributed by atoms with Crippen LogP contribution < -0.4 is 10.1 Å². The SMILES string of the molecule is CCc1cc(O)c(F)cc1-c1cc(OCC2CNC2)c2cncn2c1. The van der Waals surface area contributed by atoms with Gasteiger partial charge in [0, 0.05) is 30.8 Å². The Kier molecular flexibility index (Phi) is 4.05. The second-order valence-corrected chi connectivity index (χ2v) is 6.43. The molecule has 2 aromatic heterocycles. The van der Waals surface area contributed by atoms with Gasteiger partial charge in [0.1, 0.15) is 11.3 Å². The number of nitrogens with one attached hydrogen (secondary N) is 1. The normalized spacial score (nSPS) is 14.6. The summed E-state index contributed by atoms with van der Waals surface area (Å²) in [6.45, 7) is 4.56. The molecule has 6 heteroatoms. The van der Waals surface area contributed by atoms with Gasteiger partial charge in [0.15, 0.2) is 11.6 Å². The number of aromatic hydroxyl groups is 1. The van der Waals surface area contributed by atoms with Gasteiger partial charge in [-0.3, -0.25) is 0 Å². The summed E-state index contributed by atoms with van der Waals surface area (Å²) in [6.07, 6.45) is 6.06. The molecule has 0 bridgehead atoms. The molecule has 0 amide bonds. The molecule has 4 rings (SSSR count). The van der Waals surface area contributed by atoms with Crippen molar-refractivity contribution in [2.75, 3.05) is 19.7 Å². The van der Waals surface area contributed by atoms with Gasteiger partial charge in [0.2, 0.25) is 0 Å². The van der Waals surface area contributed by atoms with Crippen LogP contribution in [0.15, 0.2) is 36.9 Å². The number of phenolic OH excluding ortho intramolecular Hbond substituents is 1. The first-order valence-corrected chi connectivity index (χ1v) is 8.46. The topological polar surface area (TPSA) is 58.8 Å². The van der Waals surface area contributed by atoms with Crippen LogP contribution in [0, 0.1) is 11.7 Å². The number of benzene rings is 1. The minimum absolute atomic E-state index is 0.321. The van der Waals surface area contributed by atoms with Crippen molar-refractivity contribution in [1.29, 1.82) is 0 Å². The number of ether oxygens (including phenoxy) is 1. The van der Waals surface area contributed by atoms with E-state index in [0.717, 1.165) is 41.0 Å². The van der Waals surface area contributed by atoms with Crippen LogP contribution in [0.4, 0.5) is 4.39 Å². The monoisotopic (exact) mass is 341 g/mol. The van der Waals surface area contributed by atoms with Crippen molar-refractivity contribution in [2.24, 2.45) is 5.92 Å². The Morgan fingerprint density at radius 1 is 1.36 bits per heavy atom. The second-order valence-electron chi connectivity index (χ2n) is 6.43. The lowest BCUT2D eigenvalue weighted by Gasteiger charge is -2.27. The maximum absolute atomic E-state index is 13.9. The highest BCUT2D eigenvalue weighted by molar-refractivity contribution is 5.73. The number of rotatable bonds is 5. The fourth-order valence-electron chi connectivity index (χ4n) is 3.10. The van der Waals surface area contributed by atoms with Crippen molar-refractivity contribution in [1.82, 2.24) is 14.7 Å². The standard InChI is InChI=1S/C19H20FN3O2/c1-2-13-3-18(24)16(20)5-15(13)14-4-19(25-10-12-6-21-7-12)17-8-22-11-23(17)9-14/h3-5,8-9,11-12,21,24H,2,6-7,10H2,1H3. The van der Waals surface area contributed by atoms with Crippen molar-refractivity contribution in [2.45, 2.75) is 13.3 Å². The lowest BCUT2D eigenvalue weighted by molar-refractivity contribution is 0.200. The molecule has 130 valence electrons. The highest BCUT2D eigenvalue weighted by Gasteiger charge is 2.19. The highest BCUT2D eigenvalue weighted by atomic mass is 19.1. The third kappa shape index (κ3) is 2.93. The van der Waals surface area contributed by atoms with E-state index in [-0.39, 0.29) is 5.75 Å². The summed E-state index contributed by atoms with van der Waals surface area (Å²) in [5.74, 6) is 0.306. The largest absolute Gasteiger partial charge is 0.505 e. The average molecular weight is 341 g/mol. The van der Waals surface area contributed by atoms with E-state index in [9.17, 15) is 9.50 Å². The summed E-state index contributed by atoms with van der Waals surface area (Å²) in [6, 6.07) is 4.79. The molecule has 2 N–H and O–H groups in total. The molecule has 0 saturated carbocycles. The summed E-state index contributed by atoms with van der Waals surface area (Å²) in [5.41, 5.74) is 3.35. The predicted molar refractivity (Wildman–Crippen MR) is 93.5 cm³/mol. The molecular formula is C19H20FN3O2. The van der Waals surface area contributed by atoms with Crippen molar-refractivity contribution in [3.05, 3.63) is 48.3 Å². The van der Waals surface area contributed by atoms with Crippen molar-refractivity contribution >= 4 is 5.52 Å². The van der Waals surface area contributed by atoms with Gasteiger partial charge in [-0.05, 0) is 35.7 Å². The van der Waals surface area contributed by atoms with Crippen LogP contribution in [0.3, 0.4) is 0 Å². The van der Waals surface area contributed by atoms with Gasteiger partial charge in [0.05, 0.1) is 19.1 Å². The number of fused-ring (bicyclic) bond motifs is 1. The number of phenols is 1. The zero-order valence-electron chi connectivity index (χ0n) is 14.0. The third-order valence-corrected chi connectivity index (χ3v) is 4.69. The Labute approximate surface area is 145 Å². The van der Waals surface area contributed by atoms with E-state index in [1.807, 2.05) is 23.6 Å². The van der Waals surface area contributed by atoms with Crippen LogP contribution in [0.5, 0.6) is 11.5 Å². The number of nitrogens with zero attached hydrogens (tertiary/aromatic N) is 2. The van der Waals surface area contributed by atoms with Crippen molar-refractivity contribution in [3.8, 4) is 22.6 Å². The van der Waals surface area contributed by atoms with E-state index in [2.05, 4.69) is 10.3 Å². The highest BCUT2D eigenvalue weighted by Crippen LogP contribution is 2.33. The smallest absolute Gasteiger partial charge is 0.165 e. The first-order valence-electron chi connectivity index (χ1n) is 8.46. The summed E-state index contributed by atoms with van der Waals surface area (Å²) in [4.78, 5) is 4.19. The lowest BCUT2D eigenvalue weighted by Crippen LogP contribution is -2.45. The molecule has 3 heterocycles. The number of aryl methyl sites for hydroxylation is 1. The number of halogens is 1. The summed E-state index contributed by atoms with van der Waals surface area (Å²) >= 11 is 0. The molecule has 0 spiro atoms. The number of hydrogen-bond donors (Lipinski definition) is 2. The molecule has 0 aliphatic carbocycles. The number of pyridine rings is 1. The minimum atomic E-state index is -0.624. The Morgan fingerprint density at radius 2 is 2.20 bits per heavy atom. The van der Waals surface area contributed by atoms with Crippen LogP contribution >= 0.6 is 0 Å². The third-order valence-electron chi connectivity index (χ3n) is 4.69. The Hall–Kier alpha value is -2.60. The molecule has 0 radical (unpaired) electrons. The fraction of sp³-hybridized carbons (Fsp3) is 0.316. The van der Waals surface area contributed by atoms with E-state index in [0.29, 0.717) is 18.9 Å². The molecule has 1 fully saturated rings. The van der Waals surface area contributed by atoms with Gasteiger partial charge in [0.25, 0.3) is 0 Å². The molecule has 5 nitrogen and oxygen atoms in total. The molecule has 0 unspecified atom stereocenters. The van der Waals surface area contributed by atoms with Gasteiger partial charge in [-0.1, -0.05) is 6.92 Å². The maximum atomic E-state index is 13.9. The average Bonchev–Trinajstić information content (AvgIpc) is 3.04. The van der Waals surface area contributed by atoms with E-state index >= 15 is 0 Å². The number of imidazole rings is 1. The fourth-order valence-corrected chi connectivity index (χ4v) is 3.10. The number of hydrogen-bond acceptors (Lipinski definition) is 4. The van der Waals surface area contributed by atoms with Gasteiger partial charge >= 0.3 is 0 Å². The Balaban J connectivity index is 1.78. The van der Waals surface area contributed by atoms with E-state index in [1.165, 1.54) is 12.1 Å². The van der Waals surface area contributed by atoms with Gasteiger partial charge in [-0.15, -0.1) is 0 Å². The Bertz CT molecular complexity index is 918. The molecule has 1 saturated heterocycles. The molecule has 1 aromatic carbocycles. The first kappa shape index (κ1) is 15.9. The quantitative estimate of drug-likeness (QED) is 0.749. The van der Waals surface area contributed by atoms with E-state index in [4.69, 9.17) is 4.74 Å². The molecule has 3 aromatic rings. The molecule has 1 aliphatic rings. The van der Waals surface area contributed by atoms with E-state index in [1.54, 1.807) is 12.5 Å². The van der Waals surface area contributed by atoms with Gasteiger partial charge in [-0.25, -0.2) is 9.37 Å². The molecule has 25 heavy (non-hydrogen) atoms. The van der Waals surface area contributed by atoms with Crippen LogP contribution in [0.25, 0.3) is 16.6 Å². The Morgan fingerprint density at radius 3 is 2.92 bits per heavy atom. The lowest BCUT2D eigenvalue weighted by atomic mass is 9.98. The summed E-state index contributed by atoms with van der Waals surface area (Å²) in [5, 5.41) is 12.9. The van der Waals surface area contributed by atoms with Crippen LogP contribution in [-0.2, 0) is 6.42 Å². The van der Waals surface area contributed by atoms with Gasteiger partial charge in [-0.2, -0.15) is 0 Å². The summed E-state index contributed by atoms with van der Waals surface area (Å²) in [7, 11) is 0. The van der Waals surface area contributed by atoms with Crippen LogP contribution in [-0.4, -0.2) is 34.2 Å². The van der Waals surface area contributed by atoms with Crippen LogP contribution in [0.2, 0.25) is 0 Å². The predicted octanol–water partition coefficient (Wildman–Crippen LogP) is 3.01. The van der Waals surface area contributed by atoms with E-state index < -0.39 is 5.82 Å². The first-order chi connectivity index (χ1) is 12.2. The van der Waals surface area contributed by atoms with Crippen molar-refractivity contribution < 1.29 is 14.2 Å². The molecular weight excluding hydrogens is 321 g/mol. The summed E-state index contributed by atoms with van der Waals surface area (Å²) < 4.78 is 21.8. The zero-order chi connectivity index (χ0) is 17.4. The number of aromatic nitrogens is 2. The maximum Gasteiger partial charge on any atom is 0.165 e. The molecule has 1 aliphatic heterocycles. The molecule has 0 atom stereocenters. The van der Waals surface area contributed by atoms with Crippen LogP contribution in [0.1, 0.15) is 12.5 Å². The zero-order valence-corrected chi connectivity index (χ0v) is 14.0. The second kappa shape index (κ2) is 6.37. The minimum Gasteiger partial charge on any atom is -0.505 e. The van der Waals surface area contributed by atoms with Crippen molar-refractivity contribution in [3.63, 3.8) is 0 Å².